The minimum absolute atomic E-state index is 0.294. The van der Waals surface area contributed by atoms with Crippen LogP contribution in [0.25, 0.3) is 22.8 Å². The molecule has 2 heterocycles. The Balaban J connectivity index is 1.44. The SMILES string of the molecule is CCOc1ccccc1-c1nnc(SCc2ncc(-c3ccc(F)cc3)o2)o1. The van der Waals surface area contributed by atoms with Crippen LogP contribution >= 0.6 is 11.8 Å². The molecule has 0 radical (unpaired) electrons. The summed E-state index contributed by atoms with van der Waals surface area (Å²) in [7, 11) is 0. The van der Waals surface area contributed by atoms with Crippen molar-refractivity contribution in [2.75, 3.05) is 6.61 Å². The summed E-state index contributed by atoms with van der Waals surface area (Å²) in [5.74, 6) is 2.31. The van der Waals surface area contributed by atoms with Gasteiger partial charge in [-0.1, -0.05) is 23.9 Å². The molecule has 0 amide bonds. The standard InChI is InChI=1S/C20H16FN3O3S/c1-2-25-16-6-4-3-5-15(16)19-23-24-20(27-19)28-12-18-22-11-17(26-18)13-7-9-14(21)10-8-13/h3-11H,2,12H2,1H3. The maximum Gasteiger partial charge on any atom is 0.277 e. The average molecular weight is 397 g/mol. The molecule has 0 aliphatic carbocycles. The summed E-state index contributed by atoms with van der Waals surface area (Å²) in [4.78, 5) is 4.24. The van der Waals surface area contributed by atoms with Gasteiger partial charge in [0.2, 0.25) is 5.89 Å². The van der Waals surface area contributed by atoms with Gasteiger partial charge in [0.15, 0.2) is 5.76 Å². The van der Waals surface area contributed by atoms with Crippen LogP contribution in [0.2, 0.25) is 0 Å². The third-order valence-electron chi connectivity index (χ3n) is 3.83. The van der Waals surface area contributed by atoms with Crippen molar-refractivity contribution in [3.63, 3.8) is 0 Å². The number of aromatic nitrogens is 3. The lowest BCUT2D eigenvalue weighted by molar-refractivity contribution is 0.340. The molecule has 0 aliphatic rings. The van der Waals surface area contributed by atoms with Gasteiger partial charge in [-0.05, 0) is 43.3 Å². The lowest BCUT2D eigenvalue weighted by Gasteiger charge is -2.05. The number of hydrogen-bond donors (Lipinski definition) is 0. The lowest BCUT2D eigenvalue weighted by atomic mass is 10.2. The molecule has 0 saturated heterocycles. The summed E-state index contributed by atoms with van der Waals surface area (Å²) in [5, 5.41) is 8.57. The van der Waals surface area contributed by atoms with E-state index in [4.69, 9.17) is 13.6 Å². The van der Waals surface area contributed by atoms with E-state index < -0.39 is 0 Å². The molecule has 0 aliphatic heterocycles. The number of oxazole rings is 1. The van der Waals surface area contributed by atoms with E-state index in [2.05, 4.69) is 15.2 Å². The predicted octanol–water partition coefficient (Wildman–Crippen LogP) is 5.22. The van der Waals surface area contributed by atoms with Gasteiger partial charge in [0.05, 0.1) is 24.1 Å². The van der Waals surface area contributed by atoms with Crippen LogP contribution in [0.1, 0.15) is 12.8 Å². The van der Waals surface area contributed by atoms with Crippen molar-refractivity contribution >= 4 is 11.8 Å². The first kappa shape index (κ1) is 18.2. The molecule has 0 unspecified atom stereocenters. The Morgan fingerprint density at radius 1 is 1.04 bits per heavy atom. The summed E-state index contributed by atoms with van der Waals surface area (Å²) < 4.78 is 30.1. The van der Waals surface area contributed by atoms with Crippen molar-refractivity contribution in [3.8, 4) is 28.5 Å². The van der Waals surface area contributed by atoms with Crippen LogP contribution < -0.4 is 4.74 Å². The number of nitrogens with zero attached hydrogens (tertiary/aromatic N) is 3. The first-order valence-corrected chi connectivity index (χ1v) is 9.60. The third-order valence-corrected chi connectivity index (χ3v) is 4.63. The van der Waals surface area contributed by atoms with Crippen LogP contribution in [0.3, 0.4) is 0 Å². The highest BCUT2D eigenvalue weighted by atomic mass is 32.2. The predicted molar refractivity (Wildman–Crippen MR) is 102 cm³/mol. The topological polar surface area (TPSA) is 74.2 Å². The zero-order chi connectivity index (χ0) is 19.3. The first-order chi connectivity index (χ1) is 13.7. The van der Waals surface area contributed by atoms with E-state index in [0.717, 1.165) is 11.1 Å². The quantitative estimate of drug-likeness (QED) is 0.396. The number of ether oxygens (including phenoxy) is 1. The Labute approximate surface area is 164 Å². The Morgan fingerprint density at radius 3 is 2.68 bits per heavy atom. The van der Waals surface area contributed by atoms with E-state index in [1.807, 2.05) is 31.2 Å². The summed E-state index contributed by atoms with van der Waals surface area (Å²) in [5.41, 5.74) is 1.51. The number of hydrogen-bond acceptors (Lipinski definition) is 7. The molecule has 28 heavy (non-hydrogen) atoms. The Hall–Kier alpha value is -3.13. The molecule has 0 bridgehead atoms. The molecule has 0 fully saturated rings. The summed E-state index contributed by atoms with van der Waals surface area (Å²) in [6.07, 6.45) is 1.61. The number of halogens is 1. The largest absolute Gasteiger partial charge is 0.493 e. The fraction of sp³-hybridized carbons (Fsp3) is 0.150. The summed E-state index contributed by atoms with van der Waals surface area (Å²) in [6.45, 7) is 2.47. The minimum atomic E-state index is -0.294. The van der Waals surface area contributed by atoms with Gasteiger partial charge in [-0.2, -0.15) is 0 Å². The maximum atomic E-state index is 13.0. The van der Waals surface area contributed by atoms with Crippen molar-refractivity contribution in [1.82, 2.24) is 15.2 Å². The highest BCUT2D eigenvalue weighted by Gasteiger charge is 2.15. The number of para-hydroxylation sites is 1. The van der Waals surface area contributed by atoms with Gasteiger partial charge >= 0.3 is 0 Å². The molecule has 0 spiro atoms. The van der Waals surface area contributed by atoms with Crippen molar-refractivity contribution in [2.24, 2.45) is 0 Å². The summed E-state index contributed by atoms with van der Waals surface area (Å²) in [6, 6.07) is 13.6. The van der Waals surface area contributed by atoms with Gasteiger partial charge in [-0.3, -0.25) is 0 Å². The molecule has 2 aromatic carbocycles. The van der Waals surface area contributed by atoms with Gasteiger partial charge < -0.3 is 13.6 Å². The van der Waals surface area contributed by atoms with E-state index in [1.54, 1.807) is 18.3 Å². The van der Waals surface area contributed by atoms with Crippen molar-refractivity contribution < 1.29 is 18.0 Å². The van der Waals surface area contributed by atoms with E-state index in [-0.39, 0.29) is 5.82 Å². The van der Waals surface area contributed by atoms with Crippen molar-refractivity contribution in [2.45, 2.75) is 17.9 Å². The monoisotopic (exact) mass is 397 g/mol. The van der Waals surface area contributed by atoms with Crippen LogP contribution in [0.5, 0.6) is 5.75 Å². The van der Waals surface area contributed by atoms with Gasteiger partial charge in [0.1, 0.15) is 11.6 Å². The van der Waals surface area contributed by atoms with Crippen LogP contribution in [0, 0.1) is 5.82 Å². The number of thioether (sulfide) groups is 1. The highest BCUT2D eigenvalue weighted by molar-refractivity contribution is 7.98. The molecule has 4 aromatic rings. The third kappa shape index (κ3) is 4.07. The molecule has 142 valence electrons. The zero-order valence-corrected chi connectivity index (χ0v) is 15.8. The Bertz CT molecular complexity index is 1060. The lowest BCUT2D eigenvalue weighted by Crippen LogP contribution is -1.93. The fourth-order valence-corrected chi connectivity index (χ4v) is 3.17. The molecular formula is C20H16FN3O3S. The number of rotatable bonds is 7. The average Bonchev–Trinajstić information content (AvgIpc) is 3.37. The highest BCUT2D eigenvalue weighted by Crippen LogP contribution is 2.32. The van der Waals surface area contributed by atoms with Crippen LogP contribution in [-0.4, -0.2) is 21.8 Å². The van der Waals surface area contributed by atoms with Gasteiger partial charge in [-0.25, -0.2) is 9.37 Å². The Morgan fingerprint density at radius 2 is 1.86 bits per heavy atom. The maximum absolute atomic E-state index is 13.0. The number of benzene rings is 2. The summed E-state index contributed by atoms with van der Waals surface area (Å²) >= 11 is 1.32. The van der Waals surface area contributed by atoms with Gasteiger partial charge in [-0.15, -0.1) is 10.2 Å². The second-order valence-electron chi connectivity index (χ2n) is 5.72. The first-order valence-electron chi connectivity index (χ1n) is 8.62. The molecule has 8 heteroatoms. The van der Waals surface area contributed by atoms with E-state index in [1.165, 1.54) is 23.9 Å². The molecule has 0 N–H and O–H groups in total. The normalized spacial score (nSPS) is 10.9. The fourth-order valence-electron chi connectivity index (χ4n) is 2.55. The molecule has 6 nitrogen and oxygen atoms in total. The van der Waals surface area contributed by atoms with Crippen LogP contribution in [0.15, 0.2) is 68.8 Å². The zero-order valence-electron chi connectivity index (χ0n) is 15.0. The van der Waals surface area contributed by atoms with Crippen LogP contribution in [-0.2, 0) is 5.75 Å². The van der Waals surface area contributed by atoms with Crippen molar-refractivity contribution in [1.29, 1.82) is 0 Å². The van der Waals surface area contributed by atoms with E-state index in [0.29, 0.717) is 40.9 Å². The smallest absolute Gasteiger partial charge is 0.277 e. The van der Waals surface area contributed by atoms with E-state index in [9.17, 15) is 4.39 Å². The Kier molecular flexibility index (Phi) is 5.38. The second-order valence-corrected chi connectivity index (χ2v) is 6.64. The molecule has 4 rings (SSSR count). The van der Waals surface area contributed by atoms with Crippen molar-refractivity contribution in [3.05, 3.63) is 66.4 Å². The van der Waals surface area contributed by atoms with Gasteiger partial charge in [0, 0.05) is 5.56 Å². The van der Waals surface area contributed by atoms with Crippen LogP contribution in [0.4, 0.5) is 4.39 Å². The second kappa shape index (κ2) is 8.26. The van der Waals surface area contributed by atoms with Gasteiger partial charge in [0.25, 0.3) is 11.1 Å². The molecule has 0 saturated carbocycles. The molecular weight excluding hydrogens is 381 g/mol. The molecule has 0 atom stereocenters. The minimum Gasteiger partial charge on any atom is -0.493 e. The van der Waals surface area contributed by atoms with E-state index >= 15 is 0 Å². The molecule has 2 aromatic heterocycles.